The summed E-state index contributed by atoms with van der Waals surface area (Å²) in [4.78, 5) is 45.2. The largest absolute Gasteiger partial charge is 0.493 e. The number of nitrogens with zero attached hydrogens (tertiary/aromatic N) is 2. The molecule has 0 spiro atoms. The lowest BCUT2D eigenvalue weighted by Crippen LogP contribution is -2.31. The Kier molecular flexibility index (Phi) is 6.10. The lowest BCUT2D eigenvalue weighted by atomic mass is 10.1. The topological polar surface area (TPSA) is 103 Å². The molecule has 1 fully saturated rings. The van der Waals surface area contributed by atoms with Crippen LogP contribution in [0, 0.1) is 6.92 Å². The van der Waals surface area contributed by atoms with Gasteiger partial charge in [0.1, 0.15) is 5.25 Å². The molecule has 2 aromatic rings. The zero-order valence-corrected chi connectivity index (χ0v) is 17.1. The lowest BCUT2D eigenvalue weighted by Gasteiger charge is -2.17. The van der Waals surface area contributed by atoms with Crippen LogP contribution in [-0.4, -0.2) is 32.1 Å². The number of aryl methyl sites for hydroxylation is 1. The summed E-state index contributed by atoms with van der Waals surface area (Å²) in [5.74, 6) is -1.09. The molecule has 1 saturated heterocycles. The van der Waals surface area contributed by atoms with Crippen molar-refractivity contribution in [2.45, 2.75) is 49.9 Å². The number of carbonyl (C=O) groups excluding carboxylic acids is 2. The summed E-state index contributed by atoms with van der Waals surface area (Å²) in [6, 6.07) is 5.01. The first kappa shape index (κ1) is 20.4. The van der Waals surface area contributed by atoms with Gasteiger partial charge in [0.2, 0.25) is 17.7 Å². The Morgan fingerprint density at radius 3 is 2.79 bits per heavy atom. The monoisotopic (exact) mass is 421 g/mol. The Labute approximate surface area is 171 Å². The number of aromatic nitrogens is 2. The van der Waals surface area contributed by atoms with Crippen LogP contribution in [-0.2, 0) is 16.0 Å². The predicted molar refractivity (Wildman–Crippen MR) is 108 cm³/mol. The number of hydrogen-bond acceptors (Lipinski definition) is 6. The van der Waals surface area contributed by atoms with Crippen LogP contribution in [0.5, 0.6) is 5.88 Å². The van der Waals surface area contributed by atoms with E-state index in [9.17, 15) is 19.5 Å². The molecule has 0 unspecified atom stereocenters. The number of nitrogens with one attached hydrogen (secondary N) is 1. The zero-order chi connectivity index (χ0) is 20.4. The molecular weight excluding hydrogens is 402 g/mol. The third-order valence-corrected chi connectivity index (χ3v) is 5.83. The summed E-state index contributed by atoms with van der Waals surface area (Å²) in [6.45, 7) is 3.78. The van der Waals surface area contributed by atoms with Crippen molar-refractivity contribution in [3.05, 3.63) is 44.7 Å². The molecule has 1 aromatic heterocycles. The molecule has 2 amide bonds. The van der Waals surface area contributed by atoms with E-state index in [1.54, 1.807) is 25.1 Å². The minimum atomic E-state index is -0.741. The number of unbranched alkanes of at least 4 members (excludes halogenated alkanes) is 1. The molecule has 28 heavy (non-hydrogen) atoms. The lowest BCUT2D eigenvalue weighted by molar-refractivity contribution is -0.121. The fraction of sp³-hybridized carbons (Fsp3) is 0.368. The Morgan fingerprint density at radius 2 is 2.11 bits per heavy atom. The highest BCUT2D eigenvalue weighted by Crippen LogP contribution is 2.35. The summed E-state index contributed by atoms with van der Waals surface area (Å²) in [6.07, 6.45) is 2.04. The first-order chi connectivity index (χ1) is 13.3. The maximum Gasteiger partial charge on any atom is 0.258 e. The van der Waals surface area contributed by atoms with Crippen molar-refractivity contribution in [1.82, 2.24) is 9.97 Å². The third-order valence-electron chi connectivity index (χ3n) is 4.52. The van der Waals surface area contributed by atoms with Crippen LogP contribution < -0.4 is 10.5 Å². The maximum atomic E-state index is 12.8. The molecule has 1 aromatic carbocycles. The zero-order valence-electron chi connectivity index (χ0n) is 15.5. The quantitative estimate of drug-likeness (QED) is 0.548. The van der Waals surface area contributed by atoms with E-state index < -0.39 is 16.7 Å². The molecule has 148 valence electrons. The minimum Gasteiger partial charge on any atom is -0.493 e. The van der Waals surface area contributed by atoms with E-state index in [1.165, 1.54) is 0 Å². The highest BCUT2D eigenvalue weighted by atomic mass is 35.5. The molecule has 0 aliphatic carbocycles. The number of H-pyrrole nitrogens is 1. The summed E-state index contributed by atoms with van der Waals surface area (Å²) in [5.41, 5.74) is 1.00. The van der Waals surface area contributed by atoms with Crippen molar-refractivity contribution in [2.24, 2.45) is 0 Å². The van der Waals surface area contributed by atoms with Crippen LogP contribution in [0.15, 0.2) is 28.2 Å². The van der Waals surface area contributed by atoms with E-state index in [-0.39, 0.29) is 28.9 Å². The van der Waals surface area contributed by atoms with Crippen molar-refractivity contribution < 1.29 is 14.7 Å². The highest BCUT2D eigenvalue weighted by molar-refractivity contribution is 8.00. The van der Waals surface area contributed by atoms with Crippen LogP contribution in [0.1, 0.15) is 37.3 Å². The number of carbonyl (C=O) groups is 2. The third kappa shape index (κ3) is 4.07. The van der Waals surface area contributed by atoms with Gasteiger partial charge in [0, 0.05) is 11.4 Å². The molecule has 0 radical (unpaired) electrons. The second-order valence-electron chi connectivity index (χ2n) is 6.59. The number of benzene rings is 1. The summed E-state index contributed by atoms with van der Waals surface area (Å²) >= 11 is 6.97. The average molecular weight is 422 g/mol. The maximum absolute atomic E-state index is 12.8. The van der Waals surface area contributed by atoms with E-state index in [0.717, 1.165) is 35.1 Å². The van der Waals surface area contributed by atoms with E-state index in [0.29, 0.717) is 17.1 Å². The second-order valence-corrected chi connectivity index (χ2v) is 8.21. The first-order valence-corrected chi connectivity index (χ1v) is 10.2. The van der Waals surface area contributed by atoms with Gasteiger partial charge in [0.05, 0.1) is 11.3 Å². The molecule has 0 saturated carbocycles. The first-order valence-electron chi connectivity index (χ1n) is 8.93. The average Bonchev–Trinajstić information content (AvgIpc) is 2.90. The van der Waals surface area contributed by atoms with Crippen molar-refractivity contribution in [3.8, 4) is 5.88 Å². The Balaban J connectivity index is 1.83. The smallest absolute Gasteiger partial charge is 0.258 e. The fourth-order valence-corrected chi connectivity index (χ4v) is 4.17. The number of hydrogen-bond donors (Lipinski definition) is 2. The van der Waals surface area contributed by atoms with Crippen molar-refractivity contribution >= 4 is 40.9 Å². The molecule has 7 nitrogen and oxygen atoms in total. The SMILES string of the molecule is CCCCc1c(O)nc(S[C@@H]2CC(=O)N(c3cc(Cl)ccc3C)C2=O)[nH]c1=O. The van der Waals surface area contributed by atoms with Gasteiger partial charge in [0.25, 0.3) is 5.56 Å². The van der Waals surface area contributed by atoms with Crippen molar-refractivity contribution in [2.75, 3.05) is 4.90 Å². The molecule has 2 N–H and O–H groups in total. The van der Waals surface area contributed by atoms with Gasteiger partial charge in [-0.05, 0) is 37.5 Å². The van der Waals surface area contributed by atoms with Crippen LogP contribution in [0.3, 0.4) is 0 Å². The van der Waals surface area contributed by atoms with Crippen molar-refractivity contribution in [1.29, 1.82) is 0 Å². The number of amides is 2. The highest BCUT2D eigenvalue weighted by Gasteiger charge is 2.41. The number of halogens is 1. The predicted octanol–water partition coefficient (Wildman–Crippen LogP) is 3.20. The van der Waals surface area contributed by atoms with Gasteiger partial charge in [-0.2, -0.15) is 4.98 Å². The summed E-state index contributed by atoms with van der Waals surface area (Å²) in [7, 11) is 0. The van der Waals surface area contributed by atoms with Crippen LogP contribution in [0.2, 0.25) is 5.02 Å². The van der Waals surface area contributed by atoms with Gasteiger partial charge in [0.15, 0.2) is 5.16 Å². The number of anilines is 1. The van der Waals surface area contributed by atoms with E-state index in [2.05, 4.69) is 9.97 Å². The molecule has 3 rings (SSSR count). The van der Waals surface area contributed by atoms with Gasteiger partial charge in [-0.1, -0.05) is 42.8 Å². The van der Waals surface area contributed by atoms with Crippen LogP contribution >= 0.6 is 23.4 Å². The Morgan fingerprint density at radius 1 is 1.36 bits per heavy atom. The number of thioether (sulfide) groups is 1. The standard InChI is InChI=1S/C19H20ClN3O4S/c1-3-4-5-12-16(25)21-19(22-17(12)26)28-14-9-15(24)23(18(14)27)13-8-11(20)7-6-10(13)2/h6-8,14H,3-5,9H2,1-2H3,(H2,21,22,25,26)/t14-/m1/s1. The number of aromatic hydroxyl groups is 1. The van der Waals surface area contributed by atoms with Gasteiger partial charge >= 0.3 is 0 Å². The van der Waals surface area contributed by atoms with Crippen molar-refractivity contribution in [3.63, 3.8) is 0 Å². The summed E-state index contributed by atoms with van der Waals surface area (Å²) < 4.78 is 0. The summed E-state index contributed by atoms with van der Waals surface area (Å²) in [5, 5.41) is 9.86. The van der Waals surface area contributed by atoms with Crippen LogP contribution in [0.25, 0.3) is 0 Å². The van der Waals surface area contributed by atoms with E-state index in [1.807, 2.05) is 6.92 Å². The second kappa shape index (κ2) is 8.36. The van der Waals surface area contributed by atoms with Gasteiger partial charge in [-0.3, -0.25) is 14.4 Å². The fourth-order valence-electron chi connectivity index (χ4n) is 3.01. The molecule has 1 aliphatic heterocycles. The number of aromatic amines is 1. The minimum absolute atomic E-state index is 0.0302. The molecular formula is C19H20ClN3O4S. The number of imide groups is 1. The van der Waals surface area contributed by atoms with Crippen LogP contribution in [0.4, 0.5) is 5.69 Å². The van der Waals surface area contributed by atoms with Gasteiger partial charge in [-0.25, -0.2) is 4.90 Å². The normalized spacial score (nSPS) is 16.8. The molecule has 0 bridgehead atoms. The van der Waals surface area contributed by atoms with Gasteiger partial charge in [-0.15, -0.1) is 0 Å². The molecule has 9 heteroatoms. The molecule has 2 heterocycles. The Bertz CT molecular complexity index is 992. The van der Waals surface area contributed by atoms with E-state index in [4.69, 9.17) is 11.6 Å². The number of rotatable bonds is 6. The van der Waals surface area contributed by atoms with E-state index >= 15 is 0 Å². The Hall–Kier alpha value is -2.32. The molecule has 1 aliphatic rings. The molecule has 1 atom stereocenters. The van der Waals surface area contributed by atoms with Gasteiger partial charge < -0.3 is 10.1 Å².